The van der Waals surface area contributed by atoms with Crippen LogP contribution >= 0.6 is 22.9 Å². The van der Waals surface area contributed by atoms with Gasteiger partial charge in [-0.15, -0.1) is 11.3 Å². The van der Waals surface area contributed by atoms with Crippen LogP contribution in [0.3, 0.4) is 0 Å². The number of hydrogen-bond donors (Lipinski definition) is 1. The SMILES string of the molecule is Cc1sccc1C=NNC(=O)c1ccc([N+](=O)[O-])cc1Cl. The number of nitro groups is 1. The van der Waals surface area contributed by atoms with Crippen LogP contribution in [0, 0.1) is 17.0 Å². The Kier molecular flexibility index (Phi) is 4.66. The van der Waals surface area contributed by atoms with Crippen LogP contribution in [0.4, 0.5) is 5.69 Å². The molecule has 0 fully saturated rings. The van der Waals surface area contributed by atoms with Gasteiger partial charge < -0.3 is 0 Å². The van der Waals surface area contributed by atoms with Crippen LogP contribution in [0.2, 0.25) is 5.02 Å². The average Bonchev–Trinajstić information content (AvgIpc) is 2.84. The van der Waals surface area contributed by atoms with E-state index < -0.39 is 10.8 Å². The van der Waals surface area contributed by atoms with Crippen molar-refractivity contribution < 1.29 is 9.72 Å². The minimum Gasteiger partial charge on any atom is -0.267 e. The van der Waals surface area contributed by atoms with Gasteiger partial charge >= 0.3 is 0 Å². The summed E-state index contributed by atoms with van der Waals surface area (Å²) in [6.45, 7) is 1.95. The molecule has 0 spiro atoms. The predicted octanol–water partition coefficient (Wildman–Crippen LogP) is 3.38. The lowest BCUT2D eigenvalue weighted by molar-refractivity contribution is -0.384. The van der Waals surface area contributed by atoms with Gasteiger partial charge in [-0.25, -0.2) is 5.43 Å². The van der Waals surface area contributed by atoms with Gasteiger partial charge in [-0.3, -0.25) is 14.9 Å². The van der Waals surface area contributed by atoms with Gasteiger partial charge in [-0.2, -0.15) is 5.10 Å². The second kappa shape index (κ2) is 6.47. The number of rotatable bonds is 4. The van der Waals surface area contributed by atoms with Gasteiger partial charge in [0.1, 0.15) is 0 Å². The third-order valence-electron chi connectivity index (χ3n) is 2.68. The maximum Gasteiger partial charge on any atom is 0.272 e. The highest BCUT2D eigenvalue weighted by molar-refractivity contribution is 7.10. The fourth-order valence-electron chi connectivity index (χ4n) is 1.55. The Morgan fingerprint density at radius 1 is 1.48 bits per heavy atom. The highest BCUT2D eigenvalue weighted by Gasteiger charge is 2.14. The molecule has 0 radical (unpaired) electrons. The molecular formula is C13H10ClN3O3S. The Morgan fingerprint density at radius 3 is 2.81 bits per heavy atom. The molecule has 0 aliphatic rings. The summed E-state index contributed by atoms with van der Waals surface area (Å²) in [4.78, 5) is 23.0. The van der Waals surface area contributed by atoms with Crippen LogP contribution in [0.15, 0.2) is 34.7 Å². The zero-order valence-corrected chi connectivity index (χ0v) is 12.4. The first-order valence-electron chi connectivity index (χ1n) is 5.80. The molecule has 1 amide bonds. The maximum atomic E-state index is 11.9. The van der Waals surface area contributed by atoms with Gasteiger partial charge in [0.2, 0.25) is 0 Å². The molecule has 0 bridgehead atoms. The van der Waals surface area contributed by atoms with Gasteiger partial charge in [0, 0.05) is 22.6 Å². The molecule has 0 atom stereocenters. The van der Waals surface area contributed by atoms with Crippen LogP contribution in [-0.2, 0) is 0 Å². The number of benzene rings is 1. The number of amides is 1. The number of non-ortho nitro benzene ring substituents is 1. The molecule has 0 saturated carbocycles. The number of nitro benzene ring substituents is 1. The Balaban J connectivity index is 2.09. The van der Waals surface area contributed by atoms with Crippen molar-refractivity contribution >= 4 is 40.7 Å². The predicted molar refractivity (Wildman–Crippen MR) is 82.2 cm³/mol. The Bertz CT molecular complexity index is 727. The van der Waals surface area contributed by atoms with E-state index in [4.69, 9.17) is 11.6 Å². The van der Waals surface area contributed by atoms with E-state index >= 15 is 0 Å². The first-order valence-corrected chi connectivity index (χ1v) is 7.06. The van der Waals surface area contributed by atoms with Crippen molar-refractivity contribution in [2.45, 2.75) is 6.92 Å². The van der Waals surface area contributed by atoms with Crippen molar-refractivity contribution in [1.82, 2.24) is 5.43 Å². The van der Waals surface area contributed by atoms with Crippen molar-refractivity contribution in [3.05, 3.63) is 60.8 Å². The van der Waals surface area contributed by atoms with Crippen molar-refractivity contribution in [3.8, 4) is 0 Å². The zero-order chi connectivity index (χ0) is 15.4. The number of aryl methyl sites for hydroxylation is 1. The van der Waals surface area contributed by atoms with Gasteiger partial charge in [-0.05, 0) is 24.4 Å². The molecule has 1 aromatic carbocycles. The summed E-state index contributed by atoms with van der Waals surface area (Å²) in [5.74, 6) is -0.529. The van der Waals surface area contributed by atoms with Gasteiger partial charge in [0.05, 0.1) is 21.7 Å². The molecule has 1 N–H and O–H groups in total. The maximum absolute atomic E-state index is 11.9. The van der Waals surface area contributed by atoms with Gasteiger partial charge in [0.15, 0.2) is 0 Å². The second-order valence-electron chi connectivity index (χ2n) is 4.05. The van der Waals surface area contributed by atoms with Crippen LogP contribution in [0.5, 0.6) is 0 Å². The fraction of sp³-hybridized carbons (Fsp3) is 0.0769. The van der Waals surface area contributed by atoms with E-state index in [2.05, 4.69) is 10.5 Å². The molecular weight excluding hydrogens is 314 g/mol. The van der Waals surface area contributed by atoms with E-state index in [0.29, 0.717) is 0 Å². The molecule has 8 heteroatoms. The number of carbonyl (C=O) groups is 1. The standard InChI is InChI=1S/C13H10ClN3O3S/c1-8-9(4-5-21-8)7-15-16-13(18)11-3-2-10(17(19)20)6-12(11)14/h2-7H,1H3,(H,16,18). The average molecular weight is 324 g/mol. The van der Waals surface area contributed by atoms with E-state index in [1.165, 1.54) is 18.3 Å². The normalized spacial score (nSPS) is 10.8. The third-order valence-corrected chi connectivity index (χ3v) is 3.85. The molecule has 0 aliphatic carbocycles. The highest BCUT2D eigenvalue weighted by atomic mass is 35.5. The van der Waals surface area contributed by atoms with Gasteiger partial charge in [0.25, 0.3) is 11.6 Å². The minimum atomic E-state index is -0.578. The van der Waals surface area contributed by atoms with E-state index in [0.717, 1.165) is 16.5 Å². The number of carbonyl (C=O) groups excluding carboxylic acids is 1. The van der Waals surface area contributed by atoms with Crippen molar-refractivity contribution in [3.63, 3.8) is 0 Å². The Hall–Kier alpha value is -2.25. The molecule has 6 nitrogen and oxygen atoms in total. The summed E-state index contributed by atoms with van der Waals surface area (Å²) in [5, 5.41) is 16.4. The quantitative estimate of drug-likeness (QED) is 0.531. The number of nitrogens with zero attached hydrogens (tertiary/aromatic N) is 2. The van der Waals surface area contributed by atoms with Gasteiger partial charge in [-0.1, -0.05) is 11.6 Å². The van der Waals surface area contributed by atoms with Crippen LogP contribution < -0.4 is 5.43 Å². The van der Waals surface area contributed by atoms with Crippen LogP contribution in [0.25, 0.3) is 0 Å². The molecule has 21 heavy (non-hydrogen) atoms. The van der Waals surface area contributed by atoms with E-state index in [1.807, 2.05) is 18.4 Å². The van der Waals surface area contributed by atoms with Crippen LogP contribution in [0.1, 0.15) is 20.8 Å². The Morgan fingerprint density at radius 2 is 2.24 bits per heavy atom. The zero-order valence-electron chi connectivity index (χ0n) is 10.9. The lowest BCUT2D eigenvalue weighted by atomic mass is 10.2. The molecule has 1 aromatic heterocycles. The molecule has 2 aromatic rings. The summed E-state index contributed by atoms with van der Waals surface area (Å²) < 4.78 is 0. The lowest BCUT2D eigenvalue weighted by Crippen LogP contribution is -2.18. The van der Waals surface area contributed by atoms with Crippen LogP contribution in [-0.4, -0.2) is 17.0 Å². The summed E-state index contributed by atoms with van der Waals surface area (Å²) in [6.07, 6.45) is 1.53. The Labute approximate surface area is 129 Å². The first kappa shape index (κ1) is 15.1. The largest absolute Gasteiger partial charge is 0.272 e. The number of halogens is 1. The molecule has 1 heterocycles. The molecule has 0 unspecified atom stereocenters. The minimum absolute atomic E-state index is 0.00335. The van der Waals surface area contributed by atoms with Crippen molar-refractivity contribution in [2.75, 3.05) is 0 Å². The number of hydrazone groups is 1. The van der Waals surface area contributed by atoms with Crippen molar-refractivity contribution in [1.29, 1.82) is 0 Å². The molecule has 0 aliphatic heterocycles. The molecule has 108 valence electrons. The summed E-state index contributed by atoms with van der Waals surface area (Å²) >= 11 is 7.43. The van der Waals surface area contributed by atoms with E-state index in [1.54, 1.807) is 11.3 Å². The lowest BCUT2D eigenvalue weighted by Gasteiger charge is -2.02. The number of thiophene rings is 1. The summed E-state index contributed by atoms with van der Waals surface area (Å²) in [6, 6.07) is 5.52. The smallest absolute Gasteiger partial charge is 0.267 e. The number of nitrogens with one attached hydrogen (secondary N) is 1. The van der Waals surface area contributed by atoms with E-state index in [-0.39, 0.29) is 16.3 Å². The monoisotopic (exact) mass is 323 g/mol. The topological polar surface area (TPSA) is 84.6 Å². The third kappa shape index (κ3) is 3.65. The van der Waals surface area contributed by atoms with E-state index in [9.17, 15) is 14.9 Å². The molecule has 2 rings (SSSR count). The highest BCUT2D eigenvalue weighted by Crippen LogP contribution is 2.22. The van der Waals surface area contributed by atoms with Crippen molar-refractivity contribution in [2.24, 2.45) is 5.10 Å². The number of hydrogen-bond acceptors (Lipinski definition) is 5. The second-order valence-corrected chi connectivity index (χ2v) is 5.58. The fourth-order valence-corrected chi connectivity index (χ4v) is 2.49. The molecule has 0 saturated heterocycles. The summed E-state index contributed by atoms with van der Waals surface area (Å²) in [7, 11) is 0. The summed E-state index contributed by atoms with van der Waals surface area (Å²) in [5.41, 5.74) is 3.20. The first-order chi connectivity index (χ1) is 9.99.